The van der Waals surface area contributed by atoms with Crippen molar-refractivity contribution in [2.45, 2.75) is 45.5 Å². The van der Waals surface area contributed by atoms with Gasteiger partial charge in [0.1, 0.15) is 4.88 Å². The summed E-state index contributed by atoms with van der Waals surface area (Å²) in [6.45, 7) is 4.02. The molecule has 0 aromatic carbocycles. The summed E-state index contributed by atoms with van der Waals surface area (Å²) in [5.74, 6) is -0.252. The molecule has 33 heavy (non-hydrogen) atoms. The maximum Gasteiger partial charge on any atom is 0.435 e. The van der Waals surface area contributed by atoms with E-state index in [2.05, 4.69) is 15.3 Å². The van der Waals surface area contributed by atoms with Crippen molar-refractivity contribution in [1.82, 2.24) is 25.1 Å². The molecule has 2 aromatic rings. The molecule has 0 radical (unpaired) electrons. The number of hydrogen-bond donors (Lipinski definition) is 1. The smallest absolute Gasteiger partial charge is 0.338 e. The van der Waals surface area contributed by atoms with Crippen molar-refractivity contribution in [3.63, 3.8) is 0 Å². The highest BCUT2D eigenvalue weighted by molar-refractivity contribution is 7.13. The van der Waals surface area contributed by atoms with Gasteiger partial charge in [-0.1, -0.05) is 0 Å². The van der Waals surface area contributed by atoms with Crippen molar-refractivity contribution >= 4 is 23.3 Å². The second-order valence-electron chi connectivity index (χ2n) is 9.15. The van der Waals surface area contributed by atoms with Gasteiger partial charge in [-0.2, -0.15) is 13.2 Å². The van der Waals surface area contributed by atoms with Crippen LogP contribution in [0.4, 0.5) is 18.0 Å². The van der Waals surface area contributed by atoms with E-state index in [1.54, 1.807) is 17.3 Å². The molecule has 5 rings (SSSR count). The van der Waals surface area contributed by atoms with E-state index < -0.39 is 17.8 Å². The van der Waals surface area contributed by atoms with E-state index in [1.165, 1.54) is 11.8 Å². The molecule has 4 heterocycles. The Labute approximate surface area is 193 Å². The molecule has 1 unspecified atom stereocenters. The lowest BCUT2D eigenvalue weighted by Gasteiger charge is -2.33. The lowest BCUT2D eigenvalue weighted by atomic mass is 9.90. The number of piperidine rings is 1. The Bertz CT molecular complexity index is 1070. The third-order valence-electron chi connectivity index (χ3n) is 7.12. The van der Waals surface area contributed by atoms with Gasteiger partial charge in [-0.05, 0) is 54.7 Å². The fourth-order valence-electron chi connectivity index (χ4n) is 5.08. The molecule has 1 saturated carbocycles. The van der Waals surface area contributed by atoms with Gasteiger partial charge in [0.2, 0.25) is 0 Å². The predicted octanol–water partition coefficient (Wildman–Crippen LogP) is 3.83. The minimum absolute atomic E-state index is 0.0679. The van der Waals surface area contributed by atoms with Gasteiger partial charge < -0.3 is 15.1 Å². The fraction of sp³-hybridized carbons (Fsp3) is 0.545. The summed E-state index contributed by atoms with van der Waals surface area (Å²) in [5, 5.41) is 3.27. The van der Waals surface area contributed by atoms with Crippen LogP contribution in [-0.4, -0.2) is 51.3 Å². The maximum absolute atomic E-state index is 13.2. The van der Waals surface area contributed by atoms with E-state index in [0.29, 0.717) is 38.6 Å². The molecule has 3 amide bonds. The zero-order valence-corrected chi connectivity index (χ0v) is 18.9. The van der Waals surface area contributed by atoms with Gasteiger partial charge in [0.05, 0.1) is 5.01 Å². The average Bonchev–Trinajstić information content (AvgIpc) is 3.12. The van der Waals surface area contributed by atoms with Gasteiger partial charge in [0.15, 0.2) is 5.69 Å². The number of alkyl halides is 3. The molecule has 7 nitrogen and oxygen atoms in total. The summed E-state index contributed by atoms with van der Waals surface area (Å²) in [6.07, 6.45) is 1.31. The van der Waals surface area contributed by atoms with Crippen molar-refractivity contribution < 1.29 is 22.8 Å². The van der Waals surface area contributed by atoms with Crippen LogP contribution in [0.5, 0.6) is 0 Å². The number of nitrogens with one attached hydrogen (secondary N) is 1. The Morgan fingerprint density at radius 3 is 2.64 bits per heavy atom. The molecular formula is C22H24F3N5O2S. The summed E-state index contributed by atoms with van der Waals surface area (Å²) in [6, 6.07) is 1.83. The van der Waals surface area contributed by atoms with Crippen molar-refractivity contribution in [3.8, 4) is 0 Å². The molecule has 3 aliphatic rings. The van der Waals surface area contributed by atoms with E-state index in [-0.39, 0.29) is 21.3 Å². The van der Waals surface area contributed by atoms with Crippen LogP contribution in [0.25, 0.3) is 0 Å². The number of likely N-dealkylation sites (tertiary alicyclic amines) is 1. The standard InChI is InChI=1S/C22H24F3N5O2S/c1-13-28-18(22(23,24)25)17(33-13)19(31)29-6-3-21(4-7-29)8-16(21)10-27-20(32)30-11-14-2-5-26-9-15(14)12-30/h2,5,9,16H,3-4,6-8,10-12H2,1H3,(H,27,32). The van der Waals surface area contributed by atoms with Gasteiger partial charge in [0.25, 0.3) is 5.91 Å². The first-order chi connectivity index (χ1) is 15.7. The number of halogens is 3. The first kappa shape index (κ1) is 22.1. The van der Waals surface area contributed by atoms with Crippen LogP contribution in [0.15, 0.2) is 18.5 Å². The van der Waals surface area contributed by atoms with Gasteiger partial charge in [-0.15, -0.1) is 11.3 Å². The molecule has 1 spiro atoms. The number of rotatable bonds is 3. The lowest BCUT2D eigenvalue weighted by molar-refractivity contribution is -0.141. The second-order valence-corrected chi connectivity index (χ2v) is 10.4. The Balaban J connectivity index is 1.12. The molecule has 176 valence electrons. The van der Waals surface area contributed by atoms with Crippen LogP contribution < -0.4 is 5.32 Å². The van der Waals surface area contributed by atoms with E-state index in [4.69, 9.17) is 0 Å². The topological polar surface area (TPSA) is 78.4 Å². The summed E-state index contributed by atoms with van der Waals surface area (Å²) < 4.78 is 39.7. The lowest BCUT2D eigenvalue weighted by Crippen LogP contribution is -2.41. The van der Waals surface area contributed by atoms with Gasteiger partial charge in [-0.25, -0.2) is 9.78 Å². The van der Waals surface area contributed by atoms with E-state index >= 15 is 0 Å². The van der Waals surface area contributed by atoms with Crippen molar-refractivity contribution in [1.29, 1.82) is 0 Å². The Morgan fingerprint density at radius 1 is 1.21 bits per heavy atom. The summed E-state index contributed by atoms with van der Waals surface area (Å²) >= 11 is 0.800. The van der Waals surface area contributed by atoms with Crippen LogP contribution >= 0.6 is 11.3 Å². The Kier molecular flexibility index (Phi) is 5.34. The predicted molar refractivity (Wildman–Crippen MR) is 114 cm³/mol. The molecule has 11 heteroatoms. The molecule has 1 atom stereocenters. The fourth-order valence-corrected chi connectivity index (χ4v) is 5.99. The number of carbonyl (C=O) groups excluding carboxylic acids is 2. The van der Waals surface area contributed by atoms with Crippen LogP contribution in [0.3, 0.4) is 0 Å². The molecular weight excluding hydrogens is 455 g/mol. The van der Waals surface area contributed by atoms with E-state index in [9.17, 15) is 22.8 Å². The summed E-state index contributed by atoms with van der Waals surface area (Å²) in [4.78, 5) is 35.9. The molecule has 1 aliphatic carbocycles. The first-order valence-corrected chi connectivity index (χ1v) is 11.8. The number of aryl methyl sites for hydroxylation is 1. The van der Waals surface area contributed by atoms with Crippen molar-refractivity contribution in [2.24, 2.45) is 11.3 Å². The first-order valence-electron chi connectivity index (χ1n) is 10.9. The molecule has 1 saturated heterocycles. The number of fused-ring (bicyclic) bond motifs is 1. The highest BCUT2D eigenvalue weighted by Crippen LogP contribution is 2.59. The number of aromatic nitrogens is 2. The zero-order valence-electron chi connectivity index (χ0n) is 18.1. The third-order valence-corrected chi connectivity index (χ3v) is 8.07. The molecule has 2 aliphatic heterocycles. The molecule has 1 N–H and O–H groups in total. The number of thiazole rings is 1. The largest absolute Gasteiger partial charge is 0.435 e. The minimum atomic E-state index is -4.64. The second kappa shape index (κ2) is 7.96. The average molecular weight is 480 g/mol. The number of urea groups is 1. The Hall–Kier alpha value is -2.69. The molecule has 2 aromatic heterocycles. The van der Waals surface area contributed by atoms with E-state index in [0.717, 1.165) is 41.7 Å². The van der Waals surface area contributed by atoms with Gasteiger partial charge >= 0.3 is 12.2 Å². The Morgan fingerprint density at radius 2 is 1.94 bits per heavy atom. The van der Waals surface area contributed by atoms with Crippen molar-refractivity contribution in [2.75, 3.05) is 19.6 Å². The van der Waals surface area contributed by atoms with Crippen LogP contribution in [0.1, 0.15) is 50.8 Å². The number of amides is 3. The highest BCUT2D eigenvalue weighted by Gasteiger charge is 2.55. The van der Waals surface area contributed by atoms with Crippen LogP contribution in [0, 0.1) is 18.3 Å². The SMILES string of the molecule is Cc1nc(C(F)(F)F)c(C(=O)N2CCC3(CC2)CC3CNC(=O)N2Cc3ccncc3C2)s1. The number of nitrogens with zero attached hydrogens (tertiary/aromatic N) is 4. The monoisotopic (exact) mass is 479 g/mol. The zero-order chi connectivity index (χ0) is 23.4. The van der Waals surface area contributed by atoms with E-state index in [1.807, 2.05) is 6.07 Å². The highest BCUT2D eigenvalue weighted by atomic mass is 32.1. The summed E-state index contributed by atoms with van der Waals surface area (Å²) in [5.41, 5.74) is 1.17. The summed E-state index contributed by atoms with van der Waals surface area (Å²) in [7, 11) is 0. The number of carbonyl (C=O) groups is 2. The number of pyridine rings is 1. The van der Waals surface area contributed by atoms with Crippen LogP contribution in [-0.2, 0) is 19.3 Å². The molecule has 0 bridgehead atoms. The molecule has 2 fully saturated rings. The number of hydrogen-bond acceptors (Lipinski definition) is 5. The van der Waals surface area contributed by atoms with Crippen LogP contribution in [0.2, 0.25) is 0 Å². The van der Waals surface area contributed by atoms with Gasteiger partial charge in [-0.3, -0.25) is 9.78 Å². The normalized spacial score (nSPS) is 21.3. The van der Waals surface area contributed by atoms with Crippen molar-refractivity contribution in [3.05, 3.63) is 45.2 Å². The quantitative estimate of drug-likeness (QED) is 0.726. The third kappa shape index (κ3) is 4.18. The maximum atomic E-state index is 13.2. The minimum Gasteiger partial charge on any atom is -0.338 e. The van der Waals surface area contributed by atoms with Gasteiger partial charge in [0, 0.05) is 45.1 Å².